The SMILES string of the molecule is Nc1c(C(=O)O)nnn1C12CC3CC(CC(C3)C1)C2. The first-order chi connectivity index (χ1) is 9.07. The number of aromatic nitrogens is 3. The minimum atomic E-state index is -1.09. The molecule has 4 bridgehead atoms. The molecule has 102 valence electrons. The van der Waals surface area contributed by atoms with Crippen LogP contribution < -0.4 is 5.73 Å². The summed E-state index contributed by atoms with van der Waals surface area (Å²) in [6.07, 6.45) is 7.27. The van der Waals surface area contributed by atoms with E-state index < -0.39 is 5.97 Å². The van der Waals surface area contributed by atoms with Crippen LogP contribution in [0.3, 0.4) is 0 Å². The Hall–Kier alpha value is -1.59. The molecule has 1 heterocycles. The predicted octanol–water partition coefficient (Wildman–Crippen LogP) is 1.48. The Morgan fingerprint density at radius 2 is 1.74 bits per heavy atom. The molecule has 4 aliphatic carbocycles. The molecule has 3 N–H and O–H groups in total. The van der Waals surface area contributed by atoms with Crippen LogP contribution in [-0.4, -0.2) is 26.1 Å². The Balaban J connectivity index is 1.77. The first-order valence-electron chi connectivity index (χ1n) is 7.02. The summed E-state index contributed by atoms with van der Waals surface area (Å²) >= 11 is 0. The fourth-order valence-corrected chi connectivity index (χ4v) is 5.12. The first kappa shape index (κ1) is 11.3. The number of nitrogen functional groups attached to an aromatic ring is 1. The number of hydrogen-bond acceptors (Lipinski definition) is 4. The van der Waals surface area contributed by atoms with Crippen LogP contribution in [0, 0.1) is 17.8 Å². The maximum absolute atomic E-state index is 11.1. The highest BCUT2D eigenvalue weighted by atomic mass is 16.4. The number of aromatic carboxylic acids is 1. The van der Waals surface area contributed by atoms with Gasteiger partial charge in [-0.2, -0.15) is 0 Å². The maximum Gasteiger partial charge on any atom is 0.360 e. The molecule has 4 fully saturated rings. The van der Waals surface area contributed by atoms with Gasteiger partial charge in [0, 0.05) is 0 Å². The summed E-state index contributed by atoms with van der Waals surface area (Å²) in [6.45, 7) is 0. The second-order valence-electron chi connectivity index (χ2n) is 6.68. The second kappa shape index (κ2) is 3.49. The van der Waals surface area contributed by atoms with Crippen molar-refractivity contribution < 1.29 is 9.90 Å². The van der Waals surface area contributed by atoms with Gasteiger partial charge in [-0.25, -0.2) is 9.48 Å². The van der Waals surface area contributed by atoms with E-state index in [4.69, 9.17) is 10.8 Å². The minimum Gasteiger partial charge on any atom is -0.476 e. The first-order valence-corrected chi connectivity index (χ1v) is 7.02. The Kier molecular flexibility index (Phi) is 2.07. The summed E-state index contributed by atoms with van der Waals surface area (Å²) in [5.41, 5.74) is 5.83. The lowest BCUT2D eigenvalue weighted by atomic mass is 9.53. The molecule has 1 aromatic heterocycles. The summed E-state index contributed by atoms with van der Waals surface area (Å²) in [5.74, 6) is 1.44. The molecule has 1 aromatic rings. The number of nitrogens with two attached hydrogens (primary N) is 1. The van der Waals surface area contributed by atoms with Crippen molar-refractivity contribution >= 4 is 11.8 Å². The fourth-order valence-electron chi connectivity index (χ4n) is 5.12. The number of hydrogen-bond donors (Lipinski definition) is 2. The topological polar surface area (TPSA) is 94.0 Å². The predicted molar refractivity (Wildman–Crippen MR) is 67.5 cm³/mol. The van der Waals surface area contributed by atoms with Gasteiger partial charge in [0.1, 0.15) is 0 Å². The van der Waals surface area contributed by atoms with Crippen molar-refractivity contribution in [2.24, 2.45) is 17.8 Å². The highest BCUT2D eigenvalue weighted by Crippen LogP contribution is 2.59. The monoisotopic (exact) mass is 262 g/mol. The Labute approximate surface area is 111 Å². The van der Waals surface area contributed by atoms with Gasteiger partial charge in [0.15, 0.2) is 5.82 Å². The highest BCUT2D eigenvalue weighted by molar-refractivity contribution is 5.90. The molecule has 4 aliphatic rings. The third kappa shape index (κ3) is 1.45. The third-order valence-corrected chi connectivity index (χ3v) is 5.36. The number of carbonyl (C=O) groups is 1. The van der Waals surface area contributed by atoms with Gasteiger partial charge in [-0.05, 0) is 56.3 Å². The quantitative estimate of drug-likeness (QED) is 0.842. The Morgan fingerprint density at radius 3 is 2.16 bits per heavy atom. The molecule has 4 saturated carbocycles. The van der Waals surface area contributed by atoms with Crippen LogP contribution in [0.15, 0.2) is 0 Å². The van der Waals surface area contributed by atoms with Gasteiger partial charge >= 0.3 is 5.97 Å². The normalized spacial score (nSPS) is 39.7. The van der Waals surface area contributed by atoms with E-state index >= 15 is 0 Å². The zero-order valence-corrected chi connectivity index (χ0v) is 10.7. The minimum absolute atomic E-state index is 0.0560. The average Bonchev–Trinajstić information content (AvgIpc) is 2.69. The third-order valence-electron chi connectivity index (χ3n) is 5.36. The molecule has 0 unspecified atom stereocenters. The molecular formula is C13H18N4O2. The maximum atomic E-state index is 11.1. The molecule has 0 amide bonds. The lowest BCUT2D eigenvalue weighted by Gasteiger charge is -2.56. The lowest BCUT2D eigenvalue weighted by Crippen LogP contribution is -2.52. The Bertz CT molecular complexity index is 516. The van der Waals surface area contributed by atoms with E-state index in [-0.39, 0.29) is 17.1 Å². The van der Waals surface area contributed by atoms with Gasteiger partial charge < -0.3 is 10.8 Å². The number of anilines is 1. The van der Waals surface area contributed by atoms with Crippen molar-refractivity contribution in [2.75, 3.05) is 5.73 Å². The van der Waals surface area contributed by atoms with Crippen molar-refractivity contribution in [3.8, 4) is 0 Å². The fraction of sp³-hybridized carbons (Fsp3) is 0.769. The molecule has 0 aliphatic heterocycles. The second-order valence-corrected chi connectivity index (χ2v) is 6.68. The summed E-state index contributed by atoms with van der Waals surface area (Å²) in [6, 6.07) is 0. The van der Waals surface area contributed by atoms with E-state index in [2.05, 4.69) is 10.3 Å². The summed E-state index contributed by atoms with van der Waals surface area (Å²) in [5, 5.41) is 16.9. The standard InChI is InChI=1S/C13H18N4O2/c14-11-10(12(18)19)15-16-17(11)13-4-7-1-8(5-13)3-9(2-7)6-13/h7-9H,1-6,14H2,(H,18,19). The molecule has 0 atom stereocenters. The highest BCUT2D eigenvalue weighted by Gasteiger charge is 2.53. The number of nitrogens with zero attached hydrogens (tertiary/aromatic N) is 3. The Morgan fingerprint density at radius 1 is 1.21 bits per heavy atom. The van der Waals surface area contributed by atoms with E-state index in [0.29, 0.717) is 0 Å². The van der Waals surface area contributed by atoms with E-state index in [1.807, 2.05) is 0 Å². The van der Waals surface area contributed by atoms with Crippen molar-refractivity contribution in [1.29, 1.82) is 0 Å². The van der Waals surface area contributed by atoms with Crippen molar-refractivity contribution in [3.63, 3.8) is 0 Å². The zero-order valence-electron chi connectivity index (χ0n) is 10.7. The molecular weight excluding hydrogens is 244 g/mol. The van der Waals surface area contributed by atoms with Crippen molar-refractivity contribution in [3.05, 3.63) is 5.69 Å². The largest absolute Gasteiger partial charge is 0.476 e. The average molecular weight is 262 g/mol. The van der Waals surface area contributed by atoms with Crippen LogP contribution >= 0.6 is 0 Å². The van der Waals surface area contributed by atoms with E-state index in [9.17, 15) is 4.79 Å². The molecule has 0 saturated heterocycles. The molecule has 6 heteroatoms. The van der Waals surface area contributed by atoms with E-state index in [1.54, 1.807) is 4.68 Å². The summed E-state index contributed by atoms with van der Waals surface area (Å²) in [4.78, 5) is 11.1. The van der Waals surface area contributed by atoms with Gasteiger partial charge in [0.25, 0.3) is 0 Å². The van der Waals surface area contributed by atoms with Crippen molar-refractivity contribution in [1.82, 2.24) is 15.0 Å². The van der Waals surface area contributed by atoms with Crippen molar-refractivity contribution in [2.45, 2.75) is 44.1 Å². The van der Waals surface area contributed by atoms with Gasteiger partial charge in [0.05, 0.1) is 5.54 Å². The van der Waals surface area contributed by atoms with Gasteiger partial charge in [0.2, 0.25) is 5.69 Å². The summed E-state index contributed by atoms with van der Waals surface area (Å²) in [7, 11) is 0. The molecule has 0 radical (unpaired) electrons. The van der Waals surface area contributed by atoms with Crippen LogP contribution in [0.2, 0.25) is 0 Å². The van der Waals surface area contributed by atoms with Gasteiger partial charge in [-0.1, -0.05) is 5.21 Å². The molecule has 19 heavy (non-hydrogen) atoms. The van der Waals surface area contributed by atoms with Crippen LogP contribution in [0.5, 0.6) is 0 Å². The number of carboxylic acid groups (broad SMARTS) is 1. The van der Waals surface area contributed by atoms with Gasteiger partial charge in [-0.3, -0.25) is 0 Å². The molecule has 0 aromatic carbocycles. The number of carboxylic acids is 1. The molecule has 6 nitrogen and oxygen atoms in total. The van der Waals surface area contributed by atoms with Crippen LogP contribution in [0.1, 0.15) is 49.0 Å². The molecule has 5 rings (SSSR count). The number of rotatable bonds is 2. The van der Waals surface area contributed by atoms with Gasteiger partial charge in [-0.15, -0.1) is 5.10 Å². The molecule has 0 spiro atoms. The van der Waals surface area contributed by atoms with Crippen LogP contribution in [0.25, 0.3) is 0 Å². The lowest BCUT2D eigenvalue weighted by molar-refractivity contribution is -0.0490. The van der Waals surface area contributed by atoms with Crippen LogP contribution in [-0.2, 0) is 5.54 Å². The summed E-state index contributed by atoms with van der Waals surface area (Å²) < 4.78 is 1.74. The van der Waals surface area contributed by atoms with E-state index in [0.717, 1.165) is 37.0 Å². The smallest absolute Gasteiger partial charge is 0.360 e. The van der Waals surface area contributed by atoms with Crippen LogP contribution in [0.4, 0.5) is 5.82 Å². The van der Waals surface area contributed by atoms with E-state index in [1.165, 1.54) is 19.3 Å². The zero-order chi connectivity index (χ0) is 13.2.